The third kappa shape index (κ3) is 5.35. The topological polar surface area (TPSA) is 17.1 Å². The third-order valence-electron chi connectivity index (χ3n) is 2.13. The van der Waals surface area contributed by atoms with E-state index >= 15 is 0 Å². The second-order valence-corrected chi connectivity index (χ2v) is 5.39. The normalized spacial score (nSPS) is 12.6. The van der Waals surface area contributed by atoms with Crippen molar-refractivity contribution in [3.05, 3.63) is 29.3 Å². The zero-order valence-corrected chi connectivity index (χ0v) is 12.0. The maximum absolute atomic E-state index is 12.7. The summed E-state index contributed by atoms with van der Waals surface area (Å²) in [5, 5.41) is -0.0343. The molecule has 0 bridgehead atoms. The number of hydrogen-bond donors (Lipinski definition) is 0. The Hall–Kier alpha value is -0.700. The molecule has 0 N–H and O–H groups in total. The first-order valence-corrected chi connectivity index (χ1v) is 7.00. The van der Waals surface area contributed by atoms with Gasteiger partial charge in [0.05, 0.1) is 10.9 Å². The maximum atomic E-state index is 12.7. The van der Waals surface area contributed by atoms with Crippen LogP contribution < -0.4 is 0 Å². The van der Waals surface area contributed by atoms with E-state index in [4.69, 9.17) is 0 Å². The highest BCUT2D eigenvalue weighted by Gasteiger charge is 2.38. The quantitative estimate of drug-likeness (QED) is 0.423. The van der Waals surface area contributed by atoms with Gasteiger partial charge >= 0.3 is 11.7 Å². The maximum Gasteiger partial charge on any atom is 0.446 e. The van der Waals surface area contributed by atoms with Gasteiger partial charge in [-0.3, -0.25) is 4.79 Å². The summed E-state index contributed by atoms with van der Waals surface area (Å²) in [7, 11) is 0. The van der Waals surface area contributed by atoms with Crippen LogP contribution in [0, 0.1) is 0 Å². The van der Waals surface area contributed by atoms with Crippen LogP contribution >= 0.6 is 27.7 Å². The summed E-state index contributed by atoms with van der Waals surface area (Å²) >= 11 is 2.03. The zero-order chi connectivity index (χ0) is 15.6. The number of benzene rings is 1. The minimum absolute atomic E-state index is 0.0216. The van der Waals surface area contributed by atoms with Crippen molar-refractivity contribution in [2.75, 3.05) is 5.33 Å². The Morgan fingerprint density at radius 3 is 2.20 bits per heavy atom. The lowest BCUT2D eigenvalue weighted by molar-refractivity contribution is -0.140. The van der Waals surface area contributed by atoms with Gasteiger partial charge in [-0.2, -0.15) is 26.3 Å². The average Bonchev–Trinajstić information content (AvgIpc) is 2.27. The Kier molecular flexibility index (Phi) is 5.54. The number of rotatable bonds is 4. The molecule has 0 amide bonds. The summed E-state index contributed by atoms with van der Waals surface area (Å²) < 4.78 is 74.9. The molecule has 0 spiro atoms. The Morgan fingerprint density at radius 2 is 1.75 bits per heavy atom. The van der Waals surface area contributed by atoms with Crippen molar-refractivity contribution in [2.24, 2.45) is 0 Å². The molecule has 0 aromatic heterocycles. The monoisotopic (exact) mass is 380 g/mol. The number of Topliss-reactive ketones (excluding diaryl/α,β-unsaturated/α-hetero) is 1. The van der Waals surface area contributed by atoms with Gasteiger partial charge in [0.15, 0.2) is 0 Å². The number of hydrogen-bond acceptors (Lipinski definition) is 2. The molecule has 9 heteroatoms. The van der Waals surface area contributed by atoms with E-state index in [1.807, 2.05) is 0 Å². The molecule has 0 atom stereocenters. The summed E-state index contributed by atoms with van der Waals surface area (Å²) in [5.41, 5.74) is -6.18. The lowest BCUT2D eigenvalue weighted by atomic mass is 10.1. The predicted octanol–water partition coefficient (Wildman–Crippen LogP) is 4.82. The van der Waals surface area contributed by atoms with Gasteiger partial charge in [-0.1, -0.05) is 22.0 Å². The zero-order valence-electron chi connectivity index (χ0n) is 9.61. The van der Waals surface area contributed by atoms with Crippen LogP contribution in [0.15, 0.2) is 23.1 Å². The first kappa shape index (κ1) is 17.4. The van der Waals surface area contributed by atoms with Crippen molar-refractivity contribution >= 4 is 33.5 Å². The fraction of sp³-hybridized carbons (Fsp3) is 0.364. The first-order valence-electron chi connectivity index (χ1n) is 5.06. The molecule has 0 aliphatic rings. The number of alkyl halides is 7. The second-order valence-electron chi connectivity index (χ2n) is 3.73. The molecule has 0 unspecified atom stereocenters. The van der Waals surface area contributed by atoms with Gasteiger partial charge in [-0.05, 0) is 29.5 Å². The van der Waals surface area contributed by atoms with Gasteiger partial charge in [-0.25, -0.2) is 0 Å². The summed E-state index contributed by atoms with van der Waals surface area (Å²) in [6, 6.07) is 2.40. The van der Waals surface area contributed by atoms with E-state index in [-0.39, 0.29) is 23.1 Å². The molecule has 0 heterocycles. The van der Waals surface area contributed by atoms with Crippen LogP contribution in [-0.4, -0.2) is 16.6 Å². The lowest BCUT2D eigenvalue weighted by Crippen LogP contribution is -2.11. The second kappa shape index (κ2) is 6.38. The standard InChI is InChI=1S/C11H7BrF6OS/c12-5-7(19)3-6-1-2-9(20-11(16,17)18)8(4-6)10(13,14)15/h1-2,4H,3,5H2. The Morgan fingerprint density at radius 1 is 1.15 bits per heavy atom. The fourth-order valence-corrected chi connectivity index (χ4v) is 2.27. The van der Waals surface area contributed by atoms with E-state index in [1.165, 1.54) is 0 Å². The number of carbonyl (C=O) groups is 1. The fourth-order valence-electron chi connectivity index (χ4n) is 1.40. The van der Waals surface area contributed by atoms with Crippen LogP contribution in [0.4, 0.5) is 26.3 Å². The van der Waals surface area contributed by atoms with Crippen molar-refractivity contribution in [3.63, 3.8) is 0 Å². The number of ketones is 1. The van der Waals surface area contributed by atoms with Gasteiger partial charge in [0.25, 0.3) is 0 Å². The molecule has 112 valence electrons. The highest BCUT2D eigenvalue weighted by molar-refractivity contribution is 9.09. The van der Waals surface area contributed by atoms with E-state index in [1.54, 1.807) is 0 Å². The van der Waals surface area contributed by atoms with Crippen LogP contribution in [0.2, 0.25) is 0 Å². The molecule has 20 heavy (non-hydrogen) atoms. The van der Waals surface area contributed by atoms with E-state index in [2.05, 4.69) is 15.9 Å². The van der Waals surface area contributed by atoms with Crippen molar-refractivity contribution in [1.29, 1.82) is 0 Å². The molecule has 0 fully saturated rings. The van der Waals surface area contributed by atoms with Gasteiger partial charge in [0, 0.05) is 11.3 Å². The van der Waals surface area contributed by atoms with Crippen LogP contribution in [0.3, 0.4) is 0 Å². The molecule has 0 saturated heterocycles. The van der Waals surface area contributed by atoms with E-state index in [9.17, 15) is 31.1 Å². The highest BCUT2D eigenvalue weighted by atomic mass is 79.9. The van der Waals surface area contributed by atoms with E-state index in [0.29, 0.717) is 6.07 Å². The van der Waals surface area contributed by atoms with Crippen LogP contribution in [0.1, 0.15) is 11.1 Å². The smallest absolute Gasteiger partial charge is 0.298 e. The molecular formula is C11H7BrF6OS. The van der Waals surface area contributed by atoms with Crippen LogP contribution in [-0.2, 0) is 17.4 Å². The van der Waals surface area contributed by atoms with Crippen molar-refractivity contribution in [3.8, 4) is 0 Å². The number of carbonyl (C=O) groups excluding carboxylic acids is 1. The predicted molar refractivity (Wildman–Crippen MR) is 65.9 cm³/mol. The van der Waals surface area contributed by atoms with Gasteiger partial charge in [0.2, 0.25) is 0 Å². The minimum atomic E-state index is -4.92. The van der Waals surface area contributed by atoms with Crippen molar-refractivity contribution in [1.82, 2.24) is 0 Å². The summed E-state index contributed by atoms with van der Waals surface area (Å²) in [4.78, 5) is 10.2. The van der Waals surface area contributed by atoms with Crippen molar-refractivity contribution < 1.29 is 31.1 Å². The molecule has 0 saturated carbocycles. The SMILES string of the molecule is O=C(CBr)Cc1ccc(SC(F)(F)F)c(C(F)(F)F)c1. The Balaban J connectivity index is 3.17. The molecule has 0 aliphatic heterocycles. The largest absolute Gasteiger partial charge is 0.446 e. The van der Waals surface area contributed by atoms with Crippen LogP contribution in [0.5, 0.6) is 0 Å². The summed E-state index contributed by atoms with van der Waals surface area (Å²) in [6.45, 7) is 0. The molecular weight excluding hydrogens is 374 g/mol. The molecule has 1 rings (SSSR count). The molecule has 1 aromatic carbocycles. The third-order valence-corrected chi connectivity index (χ3v) is 3.56. The van der Waals surface area contributed by atoms with E-state index < -0.39 is 33.9 Å². The van der Waals surface area contributed by atoms with Crippen molar-refractivity contribution in [2.45, 2.75) is 23.0 Å². The Labute approximate surface area is 122 Å². The number of thioether (sulfide) groups is 1. The van der Waals surface area contributed by atoms with Gasteiger partial charge in [0.1, 0.15) is 5.78 Å². The summed E-state index contributed by atoms with van der Waals surface area (Å²) in [6.07, 6.45) is -5.19. The molecule has 1 nitrogen and oxygen atoms in total. The molecule has 0 aliphatic carbocycles. The minimum Gasteiger partial charge on any atom is -0.298 e. The number of halogens is 7. The summed E-state index contributed by atoms with van der Waals surface area (Å²) in [5.74, 6) is -0.366. The molecule has 1 aromatic rings. The van der Waals surface area contributed by atoms with Crippen LogP contribution in [0.25, 0.3) is 0 Å². The highest BCUT2D eigenvalue weighted by Crippen LogP contribution is 2.43. The Bertz CT molecular complexity index is 497. The van der Waals surface area contributed by atoms with Gasteiger partial charge in [-0.15, -0.1) is 0 Å². The first-order chi connectivity index (χ1) is 9.03. The average molecular weight is 381 g/mol. The van der Waals surface area contributed by atoms with E-state index in [0.717, 1.165) is 12.1 Å². The van der Waals surface area contributed by atoms with Gasteiger partial charge < -0.3 is 0 Å². The lowest BCUT2D eigenvalue weighted by Gasteiger charge is -2.15. The molecule has 0 radical (unpaired) electrons.